The van der Waals surface area contributed by atoms with E-state index in [1.807, 2.05) is 0 Å². The number of aryl methyl sites for hydroxylation is 1. The normalized spacial score (nSPS) is 14.6. The van der Waals surface area contributed by atoms with Crippen molar-refractivity contribution in [3.63, 3.8) is 0 Å². The molecule has 3 nitrogen and oxygen atoms in total. The van der Waals surface area contributed by atoms with Crippen molar-refractivity contribution in [2.75, 3.05) is 0 Å². The molecule has 1 aliphatic rings. The lowest BCUT2D eigenvalue weighted by Gasteiger charge is -2.16. The fourth-order valence-electron chi connectivity index (χ4n) is 2.44. The molecule has 2 aromatic rings. The summed E-state index contributed by atoms with van der Waals surface area (Å²) in [5, 5.41) is 2.08. The minimum atomic E-state index is 0.632. The monoisotopic (exact) mass is 246 g/mol. The van der Waals surface area contributed by atoms with Gasteiger partial charge in [0.2, 0.25) is 0 Å². The molecule has 1 aliphatic heterocycles. The second kappa shape index (κ2) is 4.11. The predicted octanol–water partition coefficient (Wildman–Crippen LogP) is 3.07. The quantitative estimate of drug-likeness (QED) is 0.763. The number of imidazole rings is 1. The van der Waals surface area contributed by atoms with E-state index in [1.54, 1.807) is 11.3 Å². The Balaban J connectivity index is 2.20. The zero-order valence-corrected chi connectivity index (χ0v) is 10.6. The molecule has 3 rings (SSSR count). The maximum Gasteiger partial charge on any atom is 0.170 e. The minimum absolute atomic E-state index is 0.632. The topological polar surface area (TPSA) is 34.9 Å². The Morgan fingerprint density at radius 1 is 1.47 bits per heavy atom. The molecule has 0 bridgehead atoms. The summed E-state index contributed by atoms with van der Waals surface area (Å²) in [7, 11) is 0. The van der Waals surface area contributed by atoms with Crippen LogP contribution in [0.2, 0.25) is 0 Å². The molecule has 3 heterocycles. The molecular weight excluding hydrogens is 232 g/mol. The number of carbonyl (C=O) groups excluding carboxylic acids is 1. The Morgan fingerprint density at radius 3 is 3.06 bits per heavy atom. The smallest absolute Gasteiger partial charge is 0.170 e. The first kappa shape index (κ1) is 10.7. The summed E-state index contributed by atoms with van der Waals surface area (Å²) in [5.74, 6) is 0.981. The molecule has 88 valence electrons. The van der Waals surface area contributed by atoms with Crippen LogP contribution in [0, 0.1) is 6.92 Å². The van der Waals surface area contributed by atoms with E-state index in [0.29, 0.717) is 5.69 Å². The van der Waals surface area contributed by atoms with Gasteiger partial charge in [-0.15, -0.1) is 11.3 Å². The van der Waals surface area contributed by atoms with E-state index >= 15 is 0 Å². The molecule has 0 saturated heterocycles. The van der Waals surface area contributed by atoms with Crippen molar-refractivity contribution < 1.29 is 4.79 Å². The van der Waals surface area contributed by atoms with E-state index in [0.717, 1.165) is 37.2 Å². The lowest BCUT2D eigenvalue weighted by molar-refractivity contribution is 0.111. The summed E-state index contributed by atoms with van der Waals surface area (Å²) in [6, 6.07) is 2.10. The number of thiophene rings is 1. The third-order valence-electron chi connectivity index (χ3n) is 3.33. The molecule has 0 aliphatic carbocycles. The molecule has 0 fully saturated rings. The second-order valence-corrected chi connectivity index (χ2v) is 5.34. The van der Waals surface area contributed by atoms with Gasteiger partial charge in [0.25, 0.3) is 0 Å². The van der Waals surface area contributed by atoms with Crippen LogP contribution in [0.15, 0.2) is 11.4 Å². The maximum atomic E-state index is 11.1. The molecule has 4 heteroatoms. The summed E-state index contributed by atoms with van der Waals surface area (Å²) in [6.07, 6.45) is 4.21. The first-order valence-electron chi connectivity index (χ1n) is 5.90. The van der Waals surface area contributed by atoms with Crippen molar-refractivity contribution >= 4 is 17.6 Å². The third kappa shape index (κ3) is 1.63. The third-order valence-corrected chi connectivity index (χ3v) is 4.34. The molecule has 0 atom stereocenters. The molecule has 0 spiro atoms. The minimum Gasteiger partial charge on any atom is -0.327 e. The number of fused-ring (bicyclic) bond motifs is 1. The Bertz CT molecular complexity index is 568. The van der Waals surface area contributed by atoms with E-state index in [1.165, 1.54) is 16.9 Å². The van der Waals surface area contributed by atoms with Gasteiger partial charge >= 0.3 is 0 Å². The van der Waals surface area contributed by atoms with Crippen LogP contribution in [0.5, 0.6) is 0 Å². The highest BCUT2D eigenvalue weighted by atomic mass is 32.1. The standard InChI is InChI=1S/C13H14N2OS/c1-9-5-7-17-12(9)13-14-10(8-16)11-4-2-3-6-15(11)13/h5,7-8H,2-4,6H2,1H3. The van der Waals surface area contributed by atoms with Crippen molar-refractivity contribution in [3.05, 3.63) is 28.4 Å². The molecule has 0 unspecified atom stereocenters. The fourth-order valence-corrected chi connectivity index (χ4v) is 3.36. The van der Waals surface area contributed by atoms with E-state index in [2.05, 4.69) is 27.9 Å². The number of carbonyl (C=O) groups is 1. The van der Waals surface area contributed by atoms with Crippen molar-refractivity contribution in [2.24, 2.45) is 0 Å². The largest absolute Gasteiger partial charge is 0.327 e. The van der Waals surface area contributed by atoms with Crippen molar-refractivity contribution in [3.8, 4) is 10.7 Å². The van der Waals surface area contributed by atoms with Gasteiger partial charge in [0.1, 0.15) is 5.69 Å². The van der Waals surface area contributed by atoms with Crippen LogP contribution in [0.4, 0.5) is 0 Å². The summed E-state index contributed by atoms with van der Waals surface area (Å²) < 4.78 is 2.23. The van der Waals surface area contributed by atoms with Crippen LogP contribution in [-0.4, -0.2) is 15.8 Å². The van der Waals surface area contributed by atoms with Crippen molar-refractivity contribution in [1.29, 1.82) is 0 Å². The highest BCUT2D eigenvalue weighted by Gasteiger charge is 2.21. The highest BCUT2D eigenvalue weighted by Crippen LogP contribution is 2.32. The lowest BCUT2D eigenvalue weighted by Crippen LogP contribution is -2.11. The molecule has 0 radical (unpaired) electrons. The van der Waals surface area contributed by atoms with Crippen LogP contribution in [0.3, 0.4) is 0 Å². The van der Waals surface area contributed by atoms with Gasteiger partial charge in [-0.25, -0.2) is 4.98 Å². The van der Waals surface area contributed by atoms with Gasteiger partial charge in [0, 0.05) is 12.2 Å². The van der Waals surface area contributed by atoms with E-state index < -0.39 is 0 Å². The first-order valence-corrected chi connectivity index (χ1v) is 6.78. The van der Waals surface area contributed by atoms with E-state index in [-0.39, 0.29) is 0 Å². The molecule has 2 aromatic heterocycles. The average Bonchev–Trinajstić information content (AvgIpc) is 2.92. The molecule has 0 amide bonds. The van der Waals surface area contributed by atoms with Crippen LogP contribution in [-0.2, 0) is 13.0 Å². The number of aldehydes is 1. The SMILES string of the molecule is Cc1ccsc1-c1nc(C=O)c2n1CCCC2. The van der Waals surface area contributed by atoms with Gasteiger partial charge in [-0.2, -0.15) is 0 Å². The van der Waals surface area contributed by atoms with Crippen molar-refractivity contribution in [2.45, 2.75) is 32.7 Å². The Labute approximate surface area is 104 Å². The number of hydrogen-bond donors (Lipinski definition) is 0. The number of nitrogens with zero attached hydrogens (tertiary/aromatic N) is 2. The van der Waals surface area contributed by atoms with Crippen LogP contribution >= 0.6 is 11.3 Å². The zero-order chi connectivity index (χ0) is 11.8. The van der Waals surface area contributed by atoms with Gasteiger partial charge in [-0.1, -0.05) is 0 Å². The van der Waals surface area contributed by atoms with E-state index in [4.69, 9.17) is 0 Å². The van der Waals surface area contributed by atoms with Gasteiger partial charge in [0.05, 0.1) is 4.88 Å². The molecule has 0 N–H and O–H groups in total. The Hall–Kier alpha value is -1.42. The highest BCUT2D eigenvalue weighted by molar-refractivity contribution is 7.13. The Morgan fingerprint density at radius 2 is 2.35 bits per heavy atom. The maximum absolute atomic E-state index is 11.1. The van der Waals surface area contributed by atoms with Crippen LogP contribution in [0.25, 0.3) is 10.7 Å². The number of aromatic nitrogens is 2. The van der Waals surface area contributed by atoms with Gasteiger partial charge < -0.3 is 4.57 Å². The Kier molecular flexibility index (Phi) is 2.59. The lowest BCUT2D eigenvalue weighted by atomic mass is 10.1. The van der Waals surface area contributed by atoms with Crippen LogP contribution in [0.1, 0.15) is 34.6 Å². The fraction of sp³-hybridized carbons (Fsp3) is 0.385. The molecule has 0 saturated carbocycles. The number of rotatable bonds is 2. The van der Waals surface area contributed by atoms with Gasteiger partial charge in [-0.05, 0) is 43.2 Å². The van der Waals surface area contributed by atoms with Gasteiger partial charge in [0.15, 0.2) is 12.1 Å². The number of hydrogen-bond acceptors (Lipinski definition) is 3. The average molecular weight is 246 g/mol. The first-order chi connectivity index (χ1) is 8.31. The van der Waals surface area contributed by atoms with Gasteiger partial charge in [-0.3, -0.25) is 4.79 Å². The summed E-state index contributed by atoms with van der Waals surface area (Å²) >= 11 is 1.70. The van der Waals surface area contributed by atoms with E-state index in [9.17, 15) is 4.79 Å². The molecule has 17 heavy (non-hydrogen) atoms. The predicted molar refractivity (Wildman–Crippen MR) is 68.6 cm³/mol. The zero-order valence-electron chi connectivity index (χ0n) is 9.77. The summed E-state index contributed by atoms with van der Waals surface area (Å²) in [5.41, 5.74) is 2.99. The summed E-state index contributed by atoms with van der Waals surface area (Å²) in [4.78, 5) is 16.8. The summed E-state index contributed by atoms with van der Waals surface area (Å²) in [6.45, 7) is 3.08. The molecular formula is C13H14N2OS. The molecule has 0 aromatic carbocycles. The van der Waals surface area contributed by atoms with Crippen LogP contribution < -0.4 is 0 Å². The second-order valence-electron chi connectivity index (χ2n) is 4.43. The van der Waals surface area contributed by atoms with Crippen molar-refractivity contribution in [1.82, 2.24) is 9.55 Å².